The van der Waals surface area contributed by atoms with Crippen molar-refractivity contribution in [1.29, 1.82) is 0 Å². The van der Waals surface area contributed by atoms with Crippen LogP contribution in [0.15, 0.2) is 24.3 Å². The first-order chi connectivity index (χ1) is 8.81. The lowest BCUT2D eigenvalue weighted by Gasteiger charge is -2.29. The third-order valence-corrected chi connectivity index (χ3v) is 3.02. The average Bonchev–Trinajstić information content (AvgIpc) is 2.43. The summed E-state index contributed by atoms with van der Waals surface area (Å²) in [6.45, 7) is 4.01. The molecule has 2 rings (SSSR count). The van der Waals surface area contributed by atoms with E-state index in [0.717, 1.165) is 25.1 Å². The van der Waals surface area contributed by atoms with E-state index in [4.69, 9.17) is 9.47 Å². The molecule has 0 aliphatic carbocycles. The van der Waals surface area contributed by atoms with Gasteiger partial charge in [0.1, 0.15) is 12.7 Å². The Bertz CT molecular complexity index is 370. The maximum Gasteiger partial charge on any atom is 0.161 e. The van der Waals surface area contributed by atoms with E-state index < -0.39 is 6.10 Å². The molecule has 1 aromatic rings. The molecule has 4 nitrogen and oxygen atoms in total. The molecule has 2 atom stereocenters. The van der Waals surface area contributed by atoms with E-state index in [1.54, 1.807) is 0 Å². The summed E-state index contributed by atoms with van der Waals surface area (Å²) in [7, 11) is 0. The highest BCUT2D eigenvalue weighted by Crippen LogP contribution is 2.31. The van der Waals surface area contributed by atoms with Gasteiger partial charge in [-0.3, -0.25) is 0 Å². The molecule has 4 heteroatoms. The van der Waals surface area contributed by atoms with E-state index >= 15 is 0 Å². The van der Waals surface area contributed by atoms with Crippen LogP contribution in [0.2, 0.25) is 0 Å². The lowest BCUT2D eigenvalue weighted by atomic mass is 10.2. The van der Waals surface area contributed by atoms with E-state index in [1.807, 2.05) is 24.3 Å². The highest BCUT2D eigenvalue weighted by Gasteiger charge is 2.26. The summed E-state index contributed by atoms with van der Waals surface area (Å²) >= 11 is 0. The minimum atomic E-state index is -0.546. The third kappa shape index (κ3) is 3.37. The Morgan fingerprint density at radius 2 is 2.17 bits per heavy atom. The molecule has 1 heterocycles. The van der Waals surface area contributed by atoms with Crippen molar-refractivity contribution in [1.82, 2.24) is 5.32 Å². The van der Waals surface area contributed by atoms with Gasteiger partial charge >= 0.3 is 0 Å². The van der Waals surface area contributed by atoms with E-state index in [0.29, 0.717) is 18.9 Å². The summed E-state index contributed by atoms with van der Waals surface area (Å²) in [5, 5.41) is 13.3. The van der Waals surface area contributed by atoms with E-state index in [9.17, 15) is 5.11 Å². The standard InChI is InChI=1S/C14H21NO3/c1-2-3-8-15-9-11(16)14-10-17-12-6-4-5-7-13(12)18-14/h4-7,11,14-16H,2-3,8-10H2,1H3/t11-,14+/m1/s1. The van der Waals surface area contributed by atoms with E-state index in [2.05, 4.69) is 12.2 Å². The molecule has 0 aromatic heterocycles. The number of rotatable bonds is 6. The minimum Gasteiger partial charge on any atom is -0.486 e. The number of aliphatic hydroxyl groups excluding tert-OH is 1. The van der Waals surface area contributed by atoms with Gasteiger partial charge in [0.2, 0.25) is 0 Å². The van der Waals surface area contributed by atoms with Gasteiger partial charge < -0.3 is 19.9 Å². The Morgan fingerprint density at radius 3 is 2.94 bits per heavy atom. The molecule has 1 aliphatic heterocycles. The van der Waals surface area contributed by atoms with Crippen LogP contribution in [0, 0.1) is 0 Å². The van der Waals surface area contributed by atoms with E-state index in [-0.39, 0.29) is 6.10 Å². The van der Waals surface area contributed by atoms with Crippen LogP contribution in [0.3, 0.4) is 0 Å². The van der Waals surface area contributed by atoms with Gasteiger partial charge in [-0.2, -0.15) is 0 Å². The molecule has 0 amide bonds. The predicted molar refractivity (Wildman–Crippen MR) is 70.1 cm³/mol. The molecular formula is C14H21NO3. The molecule has 0 spiro atoms. The highest BCUT2D eigenvalue weighted by molar-refractivity contribution is 5.40. The largest absolute Gasteiger partial charge is 0.486 e. The molecule has 100 valence electrons. The number of fused-ring (bicyclic) bond motifs is 1. The number of hydrogen-bond acceptors (Lipinski definition) is 4. The molecule has 1 aliphatic rings. The average molecular weight is 251 g/mol. The Kier molecular flexibility index (Phi) is 4.84. The van der Waals surface area contributed by atoms with Crippen molar-refractivity contribution in [2.45, 2.75) is 32.0 Å². The van der Waals surface area contributed by atoms with E-state index in [1.165, 1.54) is 0 Å². The monoisotopic (exact) mass is 251 g/mol. The summed E-state index contributed by atoms with van der Waals surface area (Å²) < 4.78 is 11.3. The van der Waals surface area contributed by atoms with Crippen LogP contribution < -0.4 is 14.8 Å². The first-order valence-electron chi connectivity index (χ1n) is 6.58. The van der Waals surface area contributed by atoms with Crippen molar-refractivity contribution in [3.05, 3.63) is 24.3 Å². The molecule has 1 aromatic carbocycles. The van der Waals surface area contributed by atoms with Gasteiger partial charge in [0.25, 0.3) is 0 Å². The van der Waals surface area contributed by atoms with Gasteiger partial charge in [-0.15, -0.1) is 0 Å². The number of benzene rings is 1. The lowest BCUT2D eigenvalue weighted by molar-refractivity contribution is -0.00898. The molecule has 0 radical (unpaired) electrons. The SMILES string of the molecule is CCCCNC[C@@H](O)[C@@H]1COc2ccccc2O1. The van der Waals surface area contributed by atoms with Crippen LogP contribution in [0.25, 0.3) is 0 Å². The van der Waals surface area contributed by atoms with Crippen LogP contribution in [0.1, 0.15) is 19.8 Å². The Hall–Kier alpha value is -1.26. The van der Waals surface area contributed by atoms with Gasteiger partial charge in [0.05, 0.1) is 0 Å². The Morgan fingerprint density at radius 1 is 1.39 bits per heavy atom. The maximum atomic E-state index is 10.0. The lowest BCUT2D eigenvalue weighted by Crippen LogP contribution is -2.45. The number of hydrogen-bond donors (Lipinski definition) is 2. The normalized spacial score (nSPS) is 19.6. The van der Waals surface area contributed by atoms with Crippen LogP contribution in [0.4, 0.5) is 0 Å². The van der Waals surface area contributed by atoms with Crippen molar-refractivity contribution in [3.63, 3.8) is 0 Å². The van der Waals surface area contributed by atoms with Crippen LogP contribution >= 0.6 is 0 Å². The molecule has 0 bridgehead atoms. The zero-order chi connectivity index (χ0) is 12.8. The third-order valence-electron chi connectivity index (χ3n) is 3.02. The molecule has 18 heavy (non-hydrogen) atoms. The minimum absolute atomic E-state index is 0.297. The summed E-state index contributed by atoms with van der Waals surface area (Å²) in [6, 6.07) is 7.54. The topological polar surface area (TPSA) is 50.7 Å². The summed E-state index contributed by atoms with van der Waals surface area (Å²) in [5.74, 6) is 1.46. The van der Waals surface area contributed by atoms with Crippen molar-refractivity contribution < 1.29 is 14.6 Å². The molecule has 0 unspecified atom stereocenters. The molecule has 2 N–H and O–H groups in total. The highest BCUT2D eigenvalue weighted by atomic mass is 16.6. The number of para-hydroxylation sites is 2. The van der Waals surface area contributed by atoms with Crippen LogP contribution in [0.5, 0.6) is 11.5 Å². The molecule has 0 saturated heterocycles. The second-order valence-corrected chi connectivity index (χ2v) is 4.54. The van der Waals surface area contributed by atoms with Gasteiger partial charge in [0.15, 0.2) is 17.6 Å². The van der Waals surface area contributed by atoms with Gasteiger partial charge in [0, 0.05) is 6.54 Å². The van der Waals surface area contributed by atoms with Crippen molar-refractivity contribution in [2.24, 2.45) is 0 Å². The summed E-state index contributed by atoms with van der Waals surface area (Å²) in [6.07, 6.45) is 1.43. The first kappa shape index (κ1) is 13.2. The molecule has 0 fully saturated rings. The van der Waals surface area contributed by atoms with Crippen molar-refractivity contribution in [2.75, 3.05) is 19.7 Å². The van der Waals surface area contributed by atoms with Gasteiger partial charge in [-0.25, -0.2) is 0 Å². The zero-order valence-electron chi connectivity index (χ0n) is 10.8. The van der Waals surface area contributed by atoms with Gasteiger partial charge in [-0.05, 0) is 25.1 Å². The quantitative estimate of drug-likeness (QED) is 0.754. The number of aliphatic hydroxyl groups is 1. The maximum absolute atomic E-state index is 10.0. The van der Waals surface area contributed by atoms with Crippen LogP contribution in [-0.2, 0) is 0 Å². The second kappa shape index (κ2) is 6.61. The zero-order valence-corrected chi connectivity index (χ0v) is 10.8. The Balaban J connectivity index is 1.81. The summed E-state index contributed by atoms with van der Waals surface area (Å²) in [5.41, 5.74) is 0. The van der Waals surface area contributed by atoms with Crippen molar-refractivity contribution >= 4 is 0 Å². The fraction of sp³-hybridized carbons (Fsp3) is 0.571. The first-order valence-corrected chi connectivity index (χ1v) is 6.58. The smallest absolute Gasteiger partial charge is 0.161 e. The molecule has 0 saturated carbocycles. The summed E-state index contributed by atoms with van der Waals surface area (Å²) in [4.78, 5) is 0. The fourth-order valence-corrected chi connectivity index (χ4v) is 1.91. The number of ether oxygens (including phenoxy) is 2. The van der Waals surface area contributed by atoms with Gasteiger partial charge in [-0.1, -0.05) is 25.5 Å². The fourth-order valence-electron chi connectivity index (χ4n) is 1.91. The number of unbranched alkanes of at least 4 members (excludes halogenated alkanes) is 1. The van der Waals surface area contributed by atoms with Crippen LogP contribution in [-0.4, -0.2) is 37.0 Å². The number of nitrogens with one attached hydrogen (secondary N) is 1. The van der Waals surface area contributed by atoms with Crippen molar-refractivity contribution in [3.8, 4) is 11.5 Å². The molecular weight excluding hydrogens is 230 g/mol. The predicted octanol–water partition coefficient (Wildman–Crippen LogP) is 1.58. The Labute approximate surface area is 108 Å². The second-order valence-electron chi connectivity index (χ2n) is 4.54.